The fourth-order valence-electron chi connectivity index (χ4n) is 3.81. The molecule has 11 heteroatoms. The molecule has 33 heavy (non-hydrogen) atoms. The zero-order valence-corrected chi connectivity index (χ0v) is 17.7. The highest BCUT2D eigenvalue weighted by molar-refractivity contribution is 5.94. The quantitative estimate of drug-likeness (QED) is 0.535. The van der Waals surface area contributed by atoms with Gasteiger partial charge in [-0.2, -0.15) is 4.80 Å². The van der Waals surface area contributed by atoms with Gasteiger partial charge in [-0.3, -0.25) is 4.79 Å². The Morgan fingerprint density at radius 1 is 1.18 bits per heavy atom. The van der Waals surface area contributed by atoms with Gasteiger partial charge in [-0.1, -0.05) is 12.1 Å². The Hall–Kier alpha value is -4.02. The van der Waals surface area contributed by atoms with Crippen molar-refractivity contribution in [1.82, 2.24) is 30.4 Å². The van der Waals surface area contributed by atoms with Crippen LogP contribution in [0.15, 0.2) is 54.9 Å². The lowest BCUT2D eigenvalue weighted by atomic mass is 9.99. The summed E-state index contributed by atoms with van der Waals surface area (Å²) in [4.78, 5) is 27.0. The van der Waals surface area contributed by atoms with Gasteiger partial charge in [-0.15, -0.1) is 10.2 Å². The maximum Gasteiger partial charge on any atom is 0.405 e. The molecule has 2 N–H and O–H groups in total. The predicted molar refractivity (Wildman–Crippen MR) is 114 cm³/mol. The first-order valence-electron chi connectivity index (χ1n) is 10.5. The molecule has 0 saturated carbocycles. The van der Waals surface area contributed by atoms with Gasteiger partial charge in [0.2, 0.25) is 0 Å². The number of carbonyl (C=O) groups excluding carboxylic acids is 1. The highest BCUT2D eigenvalue weighted by atomic mass is 19.1. The zero-order valence-electron chi connectivity index (χ0n) is 17.7. The number of aromatic nitrogens is 4. The van der Waals surface area contributed by atoms with Crippen LogP contribution in [0.5, 0.6) is 5.75 Å². The summed E-state index contributed by atoms with van der Waals surface area (Å²) in [5.74, 6) is 0.345. The van der Waals surface area contributed by atoms with E-state index in [2.05, 4.69) is 20.7 Å². The number of benzene rings is 2. The lowest BCUT2D eigenvalue weighted by molar-refractivity contribution is 0.0790. The first kappa shape index (κ1) is 22.2. The number of nitrogens with zero attached hydrogens (tertiary/aromatic N) is 5. The van der Waals surface area contributed by atoms with Gasteiger partial charge in [-0.25, -0.2) is 9.18 Å². The van der Waals surface area contributed by atoms with E-state index >= 15 is 0 Å². The number of rotatable bonds is 8. The molecule has 2 aromatic carbocycles. The van der Waals surface area contributed by atoms with E-state index in [1.165, 1.54) is 23.3 Å². The Kier molecular flexibility index (Phi) is 6.77. The summed E-state index contributed by atoms with van der Waals surface area (Å²) in [5.41, 5.74) is 1.56. The number of tetrazole rings is 1. The van der Waals surface area contributed by atoms with Crippen molar-refractivity contribution in [2.75, 3.05) is 19.7 Å². The first-order chi connectivity index (χ1) is 16.0. The Morgan fingerprint density at radius 2 is 1.94 bits per heavy atom. The Labute approximate surface area is 189 Å². The minimum Gasteiger partial charge on any atom is -0.491 e. The Bertz CT molecular complexity index is 1080. The number of carbonyl (C=O) groups is 2. The Balaban J connectivity index is 1.32. The maximum atomic E-state index is 13.2. The average molecular weight is 454 g/mol. The molecule has 2 atom stereocenters. The lowest BCUT2D eigenvalue weighted by Gasteiger charge is -2.18. The average Bonchev–Trinajstić information content (AvgIpc) is 3.50. The van der Waals surface area contributed by atoms with E-state index in [0.29, 0.717) is 24.4 Å². The molecule has 1 aliphatic heterocycles. The zero-order chi connectivity index (χ0) is 23.2. The van der Waals surface area contributed by atoms with Gasteiger partial charge < -0.3 is 20.1 Å². The van der Waals surface area contributed by atoms with Crippen LogP contribution in [0.1, 0.15) is 28.3 Å². The monoisotopic (exact) mass is 454 g/mol. The molecule has 1 saturated heterocycles. The van der Waals surface area contributed by atoms with Crippen LogP contribution in [-0.4, -0.2) is 68.0 Å². The van der Waals surface area contributed by atoms with Crippen LogP contribution in [0.2, 0.25) is 0 Å². The summed E-state index contributed by atoms with van der Waals surface area (Å²) >= 11 is 0. The van der Waals surface area contributed by atoms with Crippen LogP contribution in [0.3, 0.4) is 0 Å². The van der Waals surface area contributed by atoms with Crippen LogP contribution in [0.4, 0.5) is 9.18 Å². The molecule has 172 valence electrons. The van der Waals surface area contributed by atoms with Crippen molar-refractivity contribution in [3.8, 4) is 5.75 Å². The minimum absolute atomic E-state index is 0.0482. The third kappa shape index (κ3) is 5.82. The molecule has 3 aromatic rings. The molecule has 0 spiro atoms. The van der Waals surface area contributed by atoms with Crippen LogP contribution in [-0.2, 0) is 6.54 Å². The number of hydrogen-bond donors (Lipinski definition) is 2. The molecule has 4 rings (SSSR count). The summed E-state index contributed by atoms with van der Waals surface area (Å²) in [6, 6.07) is 12.5. The molecule has 0 aliphatic carbocycles. The van der Waals surface area contributed by atoms with Crippen molar-refractivity contribution in [2.45, 2.75) is 24.9 Å². The fraction of sp³-hybridized carbons (Fsp3) is 0.318. The van der Waals surface area contributed by atoms with Crippen LogP contribution >= 0.6 is 0 Å². The second kappa shape index (κ2) is 10.1. The third-order valence-corrected chi connectivity index (χ3v) is 5.47. The predicted octanol–water partition coefficient (Wildman–Crippen LogP) is 2.16. The number of halogens is 1. The van der Waals surface area contributed by atoms with Crippen LogP contribution < -0.4 is 10.1 Å². The van der Waals surface area contributed by atoms with Crippen LogP contribution in [0, 0.1) is 5.82 Å². The van der Waals surface area contributed by atoms with E-state index in [1.54, 1.807) is 41.3 Å². The summed E-state index contributed by atoms with van der Waals surface area (Å²) in [5, 5.41) is 22.6. The fourth-order valence-corrected chi connectivity index (χ4v) is 3.81. The molecular formula is C22H23FN6O4. The molecular weight excluding hydrogens is 431 g/mol. The number of nitrogens with one attached hydrogen (secondary N) is 1. The van der Waals surface area contributed by atoms with Crippen molar-refractivity contribution in [2.24, 2.45) is 0 Å². The maximum absolute atomic E-state index is 13.2. The number of likely N-dealkylation sites (tertiary alicyclic amines) is 1. The molecule has 0 radical (unpaired) electrons. The molecule has 2 heterocycles. The second-order valence-electron chi connectivity index (χ2n) is 7.76. The SMILES string of the molecule is O=C(O)NC(COc1ccc(C(=O)N2CCC(c3ccc(F)cc3)C2)cc1)Cn1ncnn1. The molecule has 2 amide bonds. The second-order valence-corrected chi connectivity index (χ2v) is 7.76. The number of ether oxygens (including phenoxy) is 1. The standard InChI is InChI=1S/C22H23FN6O4/c23-18-5-1-15(2-6-18)17-9-10-28(11-17)21(30)16-3-7-20(8-4-16)33-13-19(26-22(31)32)12-29-25-14-24-27-29/h1-8,14,17,19,26H,9-13H2,(H,31,32). The molecule has 10 nitrogen and oxygen atoms in total. The summed E-state index contributed by atoms with van der Waals surface area (Å²) in [6.07, 6.45) is 0.905. The molecule has 2 unspecified atom stereocenters. The van der Waals surface area contributed by atoms with E-state index in [4.69, 9.17) is 9.84 Å². The third-order valence-electron chi connectivity index (χ3n) is 5.47. The van der Waals surface area contributed by atoms with Crippen molar-refractivity contribution >= 4 is 12.0 Å². The van der Waals surface area contributed by atoms with E-state index in [9.17, 15) is 14.0 Å². The number of amides is 2. The van der Waals surface area contributed by atoms with E-state index < -0.39 is 12.1 Å². The molecule has 1 fully saturated rings. The molecule has 1 aliphatic rings. The summed E-state index contributed by atoms with van der Waals surface area (Å²) in [6.45, 7) is 1.43. The first-order valence-corrected chi connectivity index (χ1v) is 10.5. The largest absolute Gasteiger partial charge is 0.491 e. The van der Waals surface area contributed by atoms with Gasteiger partial charge >= 0.3 is 6.09 Å². The Morgan fingerprint density at radius 3 is 2.61 bits per heavy atom. The van der Waals surface area contributed by atoms with Gasteiger partial charge in [0.25, 0.3) is 5.91 Å². The number of carboxylic acid groups (broad SMARTS) is 1. The van der Waals surface area contributed by atoms with Crippen molar-refractivity contribution in [3.63, 3.8) is 0 Å². The van der Waals surface area contributed by atoms with Gasteiger partial charge in [0.15, 0.2) is 6.33 Å². The molecule has 1 aromatic heterocycles. The van der Waals surface area contributed by atoms with E-state index in [-0.39, 0.29) is 30.8 Å². The van der Waals surface area contributed by atoms with Crippen LogP contribution in [0.25, 0.3) is 0 Å². The normalized spacial score (nSPS) is 16.4. The lowest BCUT2D eigenvalue weighted by Crippen LogP contribution is -2.41. The van der Waals surface area contributed by atoms with Gasteiger partial charge in [0, 0.05) is 24.6 Å². The minimum atomic E-state index is -1.19. The van der Waals surface area contributed by atoms with Gasteiger partial charge in [-0.05, 0) is 53.6 Å². The summed E-state index contributed by atoms with van der Waals surface area (Å²) in [7, 11) is 0. The van der Waals surface area contributed by atoms with Gasteiger partial charge in [0.05, 0.1) is 12.6 Å². The number of hydrogen-bond acceptors (Lipinski definition) is 6. The topological polar surface area (TPSA) is 122 Å². The molecule has 0 bridgehead atoms. The van der Waals surface area contributed by atoms with E-state index in [1.807, 2.05) is 0 Å². The highest BCUT2D eigenvalue weighted by Gasteiger charge is 2.28. The van der Waals surface area contributed by atoms with E-state index in [0.717, 1.165) is 12.0 Å². The van der Waals surface area contributed by atoms with Crippen molar-refractivity contribution < 1.29 is 23.8 Å². The highest BCUT2D eigenvalue weighted by Crippen LogP contribution is 2.28. The van der Waals surface area contributed by atoms with Crippen molar-refractivity contribution in [3.05, 3.63) is 71.8 Å². The van der Waals surface area contributed by atoms with Gasteiger partial charge in [0.1, 0.15) is 18.2 Å². The van der Waals surface area contributed by atoms with Crippen molar-refractivity contribution in [1.29, 1.82) is 0 Å². The summed E-state index contributed by atoms with van der Waals surface area (Å²) < 4.78 is 18.9. The smallest absolute Gasteiger partial charge is 0.405 e.